The summed E-state index contributed by atoms with van der Waals surface area (Å²) in [5.74, 6) is 1.30. The third kappa shape index (κ3) is 6.27. The van der Waals surface area contributed by atoms with Crippen LogP contribution in [0.4, 0.5) is 5.69 Å². The van der Waals surface area contributed by atoms with Crippen molar-refractivity contribution in [2.75, 3.05) is 31.9 Å². The lowest BCUT2D eigenvalue weighted by molar-refractivity contribution is -0.113. The van der Waals surface area contributed by atoms with E-state index in [4.69, 9.17) is 9.47 Å². The second-order valence-electron chi connectivity index (χ2n) is 7.09. The summed E-state index contributed by atoms with van der Waals surface area (Å²) in [4.78, 5) is 25.0. The molecule has 1 atom stereocenters. The van der Waals surface area contributed by atoms with E-state index in [1.807, 2.05) is 6.92 Å². The molecule has 34 heavy (non-hydrogen) atoms. The number of hydrogen-bond donors (Lipinski definition) is 3. The number of hydrogen-bond acceptors (Lipinski definition) is 8. The van der Waals surface area contributed by atoms with Gasteiger partial charge in [0, 0.05) is 17.8 Å². The van der Waals surface area contributed by atoms with Crippen LogP contribution in [0.15, 0.2) is 53.7 Å². The Kier molecular flexibility index (Phi) is 8.88. The highest BCUT2D eigenvalue weighted by Crippen LogP contribution is 2.22. The maximum atomic E-state index is 12.6. The molecule has 2 amide bonds. The molecule has 3 N–H and O–H groups in total. The number of carbonyl (C=O) groups is 2. The minimum absolute atomic E-state index is 0.117. The van der Waals surface area contributed by atoms with Crippen LogP contribution in [0.2, 0.25) is 0 Å². The predicted molar refractivity (Wildman–Crippen MR) is 128 cm³/mol. The molecule has 0 unspecified atom stereocenters. The van der Waals surface area contributed by atoms with Gasteiger partial charge < -0.3 is 29.8 Å². The van der Waals surface area contributed by atoms with Crippen LogP contribution in [0.5, 0.6) is 11.5 Å². The van der Waals surface area contributed by atoms with Crippen LogP contribution >= 0.6 is 11.8 Å². The number of methoxy groups -OCH3 is 2. The number of anilines is 1. The summed E-state index contributed by atoms with van der Waals surface area (Å²) in [5.41, 5.74) is 1.08. The van der Waals surface area contributed by atoms with Crippen LogP contribution in [0.1, 0.15) is 29.1 Å². The number of nitrogens with zero attached hydrogens (tertiary/aromatic N) is 3. The lowest BCUT2D eigenvalue weighted by Crippen LogP contribution is -2.32. The van der Waals surface area contributed by atoms with E-state index in [0.717, 1.165) is 0 Å². The second kappa shape index (κ2) is 12.1. The summed E-state index contributed by atoms with van der Waals surface area (Å²) in [6.07, 6.45) is 0. The Labute approximate surface area is 201 Å². The van der Waals surface area contributed by atoms with Crippen molar-refractivity contribution in [3.05, 3.63) is 59.9 Å². The van der Waals surface area contributed by atoms with Gasteiger partial charge in [0.25, 0.3) is 5.91 Å². The van der Waals surface area contributed by atoms with Gasteiger partial charge in [-0.25, -0.2) is 0 Å². The quantitative estimate of drug-likeness (QED) is 0.354. The van der Waals surface area contributed by atoms with Crippen molar-refractivity contribution < 1.29 is 24.2 Å². The van der Waals surface area contributed by atoms with E-state index in [1.165, 1.54) is 11.8 Å². The van der Waals surface area contributed by atoms with Gasteiger partial charge in [-0.05, 0) is 55.5 Å². The van der Waals surface area contributed by atoms with E-state index in [9.17, 15) is 14.7 Å². The molecule has 0 aliphatic heterocycles. The third-order valence-corrected chi connectivity index (χ3v) is 5.89. The smallest absolute Gasteiger partial charge is 0.251 e. The van der Waals surface area contributed by atoms with Crippen LogP contribution in [0, 0.1) is 0 Å². The maximum Gasteiger partial charge on any atom is 0.251 e. The molecule has 11 heteroatoms. The number of aromatic nitrogens is 3. The van der Waals surface area contributed by atoms with Gasteiger partial charge in [-0.2, -0.15) is 0 Å². The molecule has 2 aromatic carbocycles. The Morgan fingerprint density at radius 1 is 1.03 bits per heavy atom. The number of aliphatic hydroxyl groups is 1. The number of thioether (sulfide) groups is 1. The van der Waals surface area contributed by atoms with Gasteiger partial charge in [0.05, 0.1) is 26.6 Å². The van der Waals surface area contributed by atoms with Crippen LogP contribution in [-0.4, -0.2) is 58.3 Å². The number of rotatable bonds is 11. The molecule has 1 heterocycles. The average molecular weight is 486 g/mol. The van der Waals surface area contributed by atoms with Crippen LogP contribution in [-0.2, 0) is 11.3 Å². The molecule has 3 aromatic rings. The standard InChI is InChI=1S/C23H27N5O5S/c1-4-28-21(19(13-29)25-22(31)15-5-9-17(32-2)10-6-15)26-27-23(28)34-14-20(30)24-16-7-11-18(33-3)12-8-16/h5-12,19,29H,4,13-14H2,1-3H3,(H,24,30)(H,25,31)/t19-/m0/s1. The third-order valence-electron chi connectivity index (χ3n) is 4.92. The second-order valence-corrected chi connectivity index (χ2v) is 8.03. The fourth-order valence-corrected chi connectivity index (χ4v) is 3.95. The van der Waals surface area contributed by atoms with E-state index in [2.05, 4.69) is 20.8 Å². The largest absolute Gasteiger partial charge is 0.497 e. The summed E-state index contributed by atoms with van der Waals surface area (Å²) in [6, 6.07) is 12.9. The van der Waals surface area contributed by atoms with Gasteiger partial charge in [-0.3, -0.25) is 9.59 Å². The first kappa shape index (κ1) is 25.1. The van der Waals surface area contributed by atoms with E-state index < -0.39 is 6.04 Å². The van der Waals surface area contributed by atoms with Crippen molar-refractivity contribution in [1.82, 2.24) is 20.1 Å². The zero-order chi connectivity index (χ0) is 24.5. The summed E-state index contributed by atoms with van der Waals surface area (Å²) >= 11 is 1.22. The zero-order valence-corrected chi connectivity index (χ0v) is 20.0. The number of amides is 2. The van der Waals surface area contributed by atoms with Crippen molar-refractivity contribution in [3.63, 3.8) is 0 Å². The van der Waals surface area contributed by atoms with Gasteiger partial charge >= 0.3 is 0 Å². The highest BCUT2D eigenvalue weighted by atomic mass is 32.2. The summed E-state index contributed by atoms with van der Waals surface area (Å²) < 4.78 is 12.0. The van der Waals surface area contributed by atoms with Crippen molar-refractivity contribution in [1.29, 1.82) is 0 Å². The Hall–Kier alpha value is -3.57. The Morgan fingerprint density at radius 3 is 2.21 bits per heavy atom. The molecule has 0 aliphatic rings. The molecular weight excluding hydrogens is 458 g/mol. The van der Waals surface area contributed by atoms with E-state index in [0.29, 0.717) is 40.3 Å². The first-order valence-electron chi connectivity index (χ1n) is 10.5. The molecule has 0 radical (unpaired) electrons. The Morgan fingerprint density at radius 2 is 1.65 bits per heavy atom. The van der Waals surface area contributed by atoms with Gasteiger partial charge in [0.2, 0.25) is 5.91 Å². The summed E-state index contributed by atoms with van der Waals surface area (Å²) in [5, 5.41) is 24.3. The molecule has 0 spiro atoms. The SMILES string of the molecule is CCn1c(SCC(=O)Nc2ccc(OC)cc2)nnc1[C@H](CO)NC(=O)c1ccc(OC)cc1. The number of benzene rings is 2. The lowest BCUT2D eigenvalue weighted by atomic mass is 10.2. The molecule has 1 aromatic heterocycles. The van der Waals surface area contributed by atoms with Crippen LogP contribution in [0.25, 0.3) is 0 Å². The summed E-state index contributed by atoms with van der Waals surface area (Å²) in [6.45, 7) is 2.04. The van der Waals surface area contributed by atoms with Gasteiger partial charge in [0.15, 0.2) is 11.0 Å². The van der Waals surface area contributed by atoms with Crippen molar-refractivity contribution >= 4 is 29.3 Å². The monoisotopic (exact) mass is 485 g/mol. The van der Waals surface area contributed by atoms with Crippen molar-refractivity contribution in [3.8, 4) is 11.5 Å². The highest BCUT2D eigenvalue weighted by Gasteiger charge is 2.23. The molecule has 180 valence electrons. The summed E-state index contributed by atoms with van der Waals surface area (Å²) in [7, 11) is 3.13. The topological polar surface area (TPSA) is 128 Å². The molecule has 0 aliphatic carbocycles. The van der Waals surface area contributed by atoms with Crippen molar-refractivity contribution in [2.45, 2.75) is 24.7 Å². The number of carbonyl (C=O) groups excluding carboxylic acids is 2. The van der Waals surface area contributed by atoms with Crippen LogP contribution in [0.3, 0.4) is 0 Å². The fraction of sp³-hybridized carbons (Fsp3) is 0.304. The van der Waals surface area contributed by atoms with E-state index >= 15 is 0 Å². The molecule has 0 fully saturated rings. The van der Waals surface area contributed by atoms with Crippen LogP contribution < -0.4 is 20.1 Å². The minimum atomic E-state index is -0.760. The van der Waals surface area contributed by atoms with Gasteiger partial charge in [-0.15, -0.1) is 10.2 Å². The Bertz CT molecular complexity index is 1100. The average Bonchev–Trinajstić information content (AvgIpc) is 3.29. The normalized spacial score (nSPS) is 11.5. The minimum Gasteiger partial charge on any atom is -0.497 e. The lowest BCUT2D eigenvalue weighted by Gasteiger charge is -2.17. The zero-order valence-electron chi connectivity index (χ0n) is 19.1. The fourth-order valence-electron chi connectivity index (χ4n) is 3.14. The molecular formula is C23H27N5O5S. The predicted octanol–water partition coefficient (Wildman–Crippen LogP) is 2.51. The first-order valence-corrected chi connectivity index (χ1v) is 11.5. The Balaban J connectivity index is 1.63. The molecule has 0 saturated carbocycles. The number of aliphatic hydroxyl groups excluding tert-OH is 1. The highest BCUT2D eigenvalue weighted by molar-refractivity contribution is 7.99. The van der Waals surface area contributed by atoms with E-state index in [1.54, 1.807) is 67.3 Å². The van der Waals surface area contributed by atoms with Gasteiger partial charge in [0.1, 0.15) is 17.5 Å². The first-order chi connectivity index (χ1) is 16.5. The van der Waals surface area contributed by atoms with Crippen molar-refractivity contribution in [2.24, 2.45) is 0 Å². The molecule has 3 rings (SSSR count). The number of nitrogens with one attached hydrogen (secondary N) is 2. The molecule has 0 bridgehead atoms. The maximum absolute atomic E-state index is 12.6. The van der Waals surface area contributed by atoms with E-state index in [-0.39, 0.29) is 24.2 Å². The van der Waals surface area contributed by atoms with Gasteiger partial charge in [-0.1, -0.05) is 11.8 Å². The molecule has 10 nitrogen and oxygen atoms in total. The number of ether oxygens (including phenoxy) is 2. The molecule has 0 saturated heterocycles.